The molecule has 1 amide bonds. The van der Waals surface area contributed by atoms with E-state index in [1.807, 2.05) is 0 Å². The Kier molecular flexibility index (Phi) is 2.89. The van der Waals surface area contributed by atoms with E-state index in [9.17, 15) is 13.2 Å². The lowest BCUT2D eigenvalue weighted by Gasteiger charge is -2.37. The minimum absolute atomic E-state index is 0.0260. The smallest absolute Gasteiger partial charge is 0.238 e. The van der Waals surface area contributed by atoms with E-state index in [0.717, 1.165) is 19.3 Å². The maximum Gasteiger partial charge on any atom is 0.238 e. The summed E-state index contributed by atoms with van der Waals surface area (Å²) < 4.78 is 26.3. The summed E-state index contributed by atoms with van der Waals surface area (Å²) >= 11 is 0. The Hall–Kier alpha value is -0.840. The molecule has 1 spiro atoms. The third-order valence-corrected chi connectivity index (χ3v) is 8.16. The van der Waals surface area contributed by atoms with Crippen molar-refractivity contribution in [2.24, 2.45) is 16.7 Å². The van der Waals surface area contributed by atoms with Crippen molar-refractivity contribution in [3.63, 3.8) is 0 Å². The second-order valence-corrected chi connectivity index (χ2v) is 8.98. The van der Waals surface area contributed by atoms with Crippen LogP contribution in [0.5, 0.6) is 0 Å². The second kappa shape index (κ2) is 4.09. The van der Waals surface area contributed by atoms with Gasteiger partial charge in [0.05, 0.1) is 11.8 Å². The first-order valence-corrected chi connectivity index (χ1v) is 9.03. The molecule has 5 heteroatoms. The maximum atomic E-state index is 12.5. The van der Waals surface area contributed by atoms with Gasteiger partial charge in [0.1, 0.15) is 0 Å². The van der Waals surface area contributed by atoms with Gasteiger partial charge >= 0.3 is 0 Å². The van der Waals surface area contributed by atoms with E-state index in [4.69, 9.17) is 0 Å². The van der Waals surface area contributed by atoms with Crippen molar-refractivity contribution in [3.8, 4) is 0 Å². The summed E-state index contributed by atoms with van der Waals surface area (Å²) in [5.41, 5.74) is -0.182. The zero-order valence-electron chi connectivity index (χ0n) is 12.3. The van der Waals surface area contributed by atoms with Crippen LogP contribution in [0, 0.1) is 16.7 Å². The number of hydrogen-bond donors (Lipinski definition) is 0. The van der Waals surface area contributed by atoms with Crippen molar-refractivity contribution in [2.75, 3.05) is 5.75 Å². The lowest BCUT2D eigenvalue weighted by molar-refractivity contribution is -0.128. The topological polar surface area (TPSA) is 54.5 Å². The van der Waals surface area contributed by atoms with E-state index in [-0.39, 0.29) is 35.0 Å². The van der Waals surface area contributed by atoms with Gasteiger partial charge in [-0.1, -0.05) is 19.9 Å². The third-order valence-electron chi connectivity index (χ3n) is 6.22. The standard InChI is InChI=1S/C15H23NO3S/c1-4-5-6-13(17)16-12-9-11-7-8-15(12,14(11,2)3)10-20(16,18)19/h4,11-12H,1,5-10H2,2-3H3/t11?,12-,15-/m1/s1. The molecule has 2 aliphatic carbocycles. The Morgan fingerprint density at radius 2 is 2.15 bits per heavy atom. The molecule has 3 fully saturated rings. The average molecular weight is 297 g/mol. The van der Waals surface area contributed by atoms with E-state index in [2.05, 4.69) is 20.4 Å². The molecule has 2 bridgehead atoms. The second-order valence-electron chi connectivity index (χ2n) is 7.14. The molecule has 1 heterocycles. The Morgan fingerprint density at radius 1 is 1.45 bits per heavy atom. The number of amides is 1. The minimum atomic E-state index is -3.44. The number of nitrogens with zero attached hydrogens (tertiary/aromatic N) is 1. The van der Waals surface area contributed by atoms with Gasteiger partial charge in [-0.3, -0.25) is 4.79 Å². The van der Waals surface area contributed by atoms with Gasteiger partial charge in [0.25, 0.3) is 0 Å². The van der Waals surface area contributed by atoms with Gasteiger partial charge in [-0.25, -0.2) is 12.7 Å². The van der Waals surface area contributed by atoms with Gasteiger partial charge in [0.2, 0.25) is 15.9 Å². The first kappa shape index (κ1) is 14.1. The van der Waals surface area contributed by atoms with Gasteiger partial charge in [-0.2, -0.15) is 0 Å². The van der Waals surface area contributed by atoms with Crippen LogP contribution >= 0.6 is 0 Å². The first-order valence-electron chi connectivity index (χ1n) is 7.42. The highest BCUT2D eigenvalue weighted by atomic mass is 32.2. The van der Waals surface area contributed by atoms with Crippen LogP contribution in [0.1, 0.15) is 46.0 Å². The van der Waals surface area contributed by atoms with Crippen molar-refractivity contribution in [2.45, 2.75) is 52.0 Å². The summed E-state index contributed by atoms with van der Waals surface area (Å²) in [7, 11) is -3.44. The molecule has 3 atom stereocenters. The first-order chi connectivity index (χ1) is 9.26. The quantitative estimate of drug-likeness (QED) is 0.751. The zero-order chi connectivity index (χ0) is 14.8. The van der Waals surface area contributed by atoms with Crippen molar-refractivity contribution < 1.29 is 13.2 Å². The summed E-state index contributed by atoms with van der Waals surface area (Å²) in [6.07, 6.45) is 5.36. The van der Waals surface area contributed by atoms with Gasteiger partial charge in [-0.15, -0.1) is 6.58 Å². The Labute approximate surface area is 121 Å². The molecule has 1 unspecified atom stereocenters. The van der Waals surface area contributed by atoms with E-state index in [0.29, 0.717) is 12.3 Å². The van der Waals surface area contributed by atoms with Crippen LogP contribution in [0.2, 0.25) is 0 Å². The maximum absolute atomic E-state index is 12.5. The number of sulfonamides is 1. The Bertz CT molecular complexity index is 566. The monoisotopic (exact) mass is 297 g/mol. The van der Waals surface area contributed by atoms with E-state index < -0.39 is 10.0 Å². The fourth-order valence-electron chi connectivity index (χ4n) is 4.95. The van der Waals surface area contributed by atoms with Gasteiger partial charge in [0, 0.05) is 11.8 Å². The van der Waals surface area contributed by atoms with Crippen molar-refractivity contribution in [1.82, 2.24) is 4.31 Å². The molecule has 0 radical (unpaired) electrons. The summed E-state index contributed by atoms with van der Waals surface area (Å²) in [4.78, 5) is 12.3. The highest BCUT2D eigenvalue weighted by Crippen LogP contribution is 2.69. The van der Waals surface area contributed by atoms with E-state index in [1.54, 1.807) is 6.08 Å². The third kappa shape index (κ3) is 1.53. The number of rotatable bonds is 3. The van der Waals surface area contributed by atoms with Crippen molar-refractivity contribution in [1.29, 1.82) is 0 Å². The molecule has 0 N–H and O–H groups in total. The summed E-state index contributed by atoms with van der Waals surface area (Å²) in [6, 6.07) is -0.0986. The molecule has 0 aromatic carbocycles. The Morgan fingerprint density at radius 3 is 2.75 bits per heavy atom. The summed E-state index contributed by atoms with van der Waals surface area (Å²) in [6.45, 7) is 7.99. The molecule has 4 nitrogen and oxygen atoms in total. The minimum Gasteiger partial charge on any atom is -0.274 e. The molecular weight excluding hydrogens is 274 g/mol. The molecular formula is C15H23NO3S. The highest BCUT2D eigenvalue weighted by Gasteiger charge is 2.72. The number of allylic oxidation sites excluding steroid dienone is 1. The molecule has 112 valence electrons. The number of fused-ring (bicyclic) bond motifs is 1. The molecule has 3 aliphatic rings. The molecule has 20 heavy (non-hydrogen) atoms. The van der Waals surface area contributed by atoms with Crippen LogP contribution in [-0.4, -0.2) is 30.4 Å². The van der Waals surface area contributed by atoms with Crippen LogP contribution in [0.4, 0.5) is 0 Å². The fraction of sp³-hybridized carbons (Fsp3) is 0.800. The van der Waals surface area contributed by atoms with Crippen LogP contribution < -0.4 is 0 Å². The molecule has 0 aromatic rings. The molecule has 3 rings (SSSR count). The van der Waals surface area contributed by atoms with E-state index in [1.165, 1.54) is 4.31 Å². The van der Waals surface area contributed by atoms with Crippen LogP contribution in [0.3, 0.4) is 0 Å². The molecule has 0 aromatic heterocycles. The lowest BCUT2D eigenvalue weighted by atomic mass is 9.69. The SMILES string of the molecule is C=CCCC(=O)N1[C@@H]2CC3CC[C@]2(CS1(=O)=O)C3(C)C. The van der Waals surface area contributed by atoms with Crippen molar-refractivity contribution >= 4 is 15.9 Å². The largest absolute Gasteiger partial charge is 0.274 e. The predicted octanol–water partition coefficient (Wildman–Crippen LogP) is 2.32. The Balaban J connectivity index is 1.98. The average Bonchev–Trinajstić information content (AvgIpc) is 2.82. The molecule has 2 saturated carbocycles. The fourth-order valence-corrected chi connectivity index (χ4v) is 7.53. The van der Waals surface area contributed by atoms with Gasteiger partial charge in [0.15, 0.2) is 0 Å². The van der Waals surface area contributed by atoms with Crippen LogP contribution in [0.15, 0.2) is 12.7 Å². The zero-order valence-corrected chi connectivity index (χ0v) is 13.1. The predicted molar refractivity (Wildman–Crippen MR) is 77.4 cm³/mol. The number of hydrogen-bond acceptors (Lipinski definition) is 3. The van der Waals surface area contributed by atoms with Gasteiger partial charge in [-0.05, 0) is 37.0 Å². The number of carbonyl (C=O) groups excluding carboxylic acids is 1. The lowest BCUT2D eigenvalue weighted by Crippen LogP contribution is -2.44. The summed E-state index contributed by atoms with van der Waals surface area (Å²) in [5, 5.41) is 0. The van der Waals surface area contributed by atoms with Crippen LogP contribution in [0.25, 0.3) is 0 Å². The van der Waals surface area contributed by atoms with Crippen LogP contribution in [-0.2, 0) is 14.8 Å². The van der Waals surface area contributed by atoms with E-state index >= 15 is 0 Å². The highest BCUT2D eigenvalue weighted by molar-refractivity contribution is 7.90. The normalized spacial score (nSPS) is 39.8. The number of carbonyl (C=O) groups is 1. The van der Waals surface area contributed by atoms with Gasteiger partial charge < -0.3 is 0 Å². The van der Waals surface area contributed by atoms with Crippen molar-refractivity contribution in [3.05, 3.63) is 12.7 Å². The molecule has 1 aliphatic heterocycles. The summed E-state index contributed by atoms with van der Waals surface area (Å²) in [5.74, 6) is 0.474. The molecule has 1 saturated heterocycles.